The van der Waals surface area contributed by atoms with Gasteiger partial charge in [0, 0.05) is 13.2 Å². The lowest BCUT2D eigenvalue weighted by atomic mass is 9.71. The number of unbranched alkanes of at least 4 members (excludes halogenated alkanes) is 3. The van der Waals surface area contributed by atoms with Crippen molar-refractivity contribution in [1.29, 1.82) is 0 Å². The molecule has 4 fully saturated rings. The smallest absolute Gasteiger partial charge is 0.152 e. The van der Waals surface area contributed by atoms with E-state index >= 15 is 8.78 Å². The lowest BCUT2D eigenvalue weighted by Gasteiger charge is -2.37. The Morgan fingerprint density at radius 1 is 0.759 bits per heavy atom. The zero-order chi connectivity index (χ0) is 20.2. The largest absolute Gasteiger partial charge is 0.375 e. The Labute approximate surface area is 175 Å². The molecular weight excluding hydrogens is 374 g/mol. The van der Waals surface area contributed by atoms with Crippen LogP contribution in [0.15, 0.2) is 0 Å². The maximum atomic E-state index is 15.3. The highest BCUT2D eigenvalue weighted by Crippen LogP contribution is 2.50. The Kier molecular flexibility index (Phi) is 7.85. The summed E-state index contributed by atoms with van der Waals surface area (Å²) in [7, 11) is 0. The standard InChI is InChI=1S/C24H40F2O3/c1-2-3-4-7-14-27-19-12-10-17-18-11-13-20(28-15-16-8-5-6-9-16)22(26)24(18)29-23(17)21(19)25/h16-24H,2-15H2,1H3. The molecule has 0 spiro atoms. The molecule has 4 aliphatic rings. The third-order valence-corrected chi connectivity index (χ3v) is 7.97. The molecule has 0 aromatic carbocycles. The molecule has 0 amide bonds. The summed E-state index contributed by atoms with van der Waals surface area (Å²) in [6.45, 7) is 3.48. The first kappa shape index (κ1) is 22.0. The van der Waals surface area contributed by atoms with E-state index in [9.17, 15) is 0 Å². The van der Waals surface area contributed by atoms with Crippen LogP contribution >= 0.6 is 0 Å². The van der Waals surface area contributed by atoms with Gasteiger partial charge in [-0.3, -0.25) is 0 Å². The summed E-state index contributed by atoms with van der Waals surface area (Å²) in [6.07, 6.45) is 8.76. The van der Waals surface area contributed by atoms with Gasteiger partial charge in [-0.2, -0.15) is 0 Å². The molecule has 3 aliphatic carbocycles. The lowest BCUT2D eigenvalue weighted by molar-refractivity contribution is -0.135. The van der Waals surface area contributed by atoms with Gasteiger partial charge in [0.15, 0.2) is 12.3 Å². The predicted octanol–water partition coefficient (Wildman–Crippen LogP) is 5.79. The minimum atomic E-state index is -1.13. The monoisotopic (exact) mass is 414 g/mol. The Morgan fingerprint density at radius 3 is 2.00 bits per heavy atom. The van der Waals surface area contributed by atoms with E-state index < -0.39 is 24.6 Å². The average molecular weight is 415 g/mol. The number of alkyl halides is 2. The Balaban J connectivity index is 1.27. The van der Waals surface area contributed by atoms with Crippen molar-refractivity contribution in [3.63, 3.8) is 0 Å². The molecule has 0 aromatic heterocycles. The van der Waals surface area contributed by atoms with Gasteiger partial charge in [0.1, 0.15) is 0 Å². The molecule has 8 unspecified atom stereocenters. The van der Waals surface area contributed by atoms with E-state index in [-0.39, 0.29) is 24.0 Å². The highest BCUT2D eigenvalue weighted by atomic mass is 19.1. The molecule has 168 valence electrons. The van der Waals surface area contributed by atoms with Gasteiger partial charge in [0.25, 0.3) is 0 Å². The van der Waals surface area contributed by atoms with Crippen LogP contribution in [0.1, 0.15) is 84.0 Å². The molecule has 3 nitrogen and oxygen atoms in total. The van der Waals surface area contributed by atoms with Crippen LogP contribution in [0.2, 0.25) is 0 Å². The van der Waals surface area contributed by atoms with Crippen molar-refractivity contribution in [2.45, 2.75) is 121 Å². The van der Waals surface area contributed by atoms with Crippen LogP contribution in [0.4, 0.5) is 8.78 Å². The molecule has 0 aromatic rings. The second-order valence-electron chi connectivity index (χ2n) is 9.93. The van der Waals surface area contributed by atoms with Gasteiger partial charge in [-0.15, -0.1) is 0 Å². The predicted molar refractivity (Wildman–Crippen MR) is 109 cm³/mol. The van der Waals surface area contributed by atoms with Crippen LogP contribution in [0.3, 0.4) is 0 Å². The van der Waals surface area contributed by atoms with E-state index in [2.05, 4.69) is 6.92 Å². The number of fused-ring (bicyclic) bond motifs is 3. The zero-order valence-electron chi connectivity index (χ0n) is 18.1. The third-order valence-electron chi connectivity index (χ3n) is 7.97. The minimum Gasteiger partial charge on any atom is -0.375 e. The number of rotatable bonds is 9. The maximum absolute atomic E-state index is 15.3. The molecule has 4 rings (SSSR count). The SMILES string of the molecule is CCCCCCOC1CCC2C3CCC(OCC4CCCC4)C(F)C3OC2C1F. The fourth-order valence-electron chi connectivity index (χ4n) is 6.26. The molecule has 0 bridgehead atoms. The van der Waals surface area contributed by atoms with Crippen LogP contribution in [0.25, 0.3) is 0 Å². The molecule has 1 heterocycles. The van der Waals surface area contributed by atoms with Crippen molar-refractivity contribution in [2.24, 2.45) is 17.8 Å². The van der Waals surface area contributed by atoms with Gasteiger partial charge < -0.3 is 14.2 Å². The van der Waals surface area contributed by atoms with Gasteiger partial charge in [-0.25, -0.2) is 8.78 Å². The first-order chi connectivity index (χ1) is 14.2. The average Bonchev–Trinajstić information content (AvgIpc) is 3.37. The van der Waals surface area contributed by atoms with E-state index in [1.807, 2.05) is 0 Å². The van der Waals surface area contributed by atoms with Crippen molar-refractivity contribution in [3.8, 4) is 0 Å². The summed E-state index contributed by atoms with van der Waals surface area (Å²) in [4.78, 5) is 0. The van der Waals surface area contributed by atoms with Gasteiger partial charge in [-0.05, 0) is 62.7 Å². The summed E-state index contributed by atoms with van der Waals surface area (Å²) in [6, 6.07) is 0. The van der Waals surface area contributed by atoms with E-state index in [1.165, 1.54) is 38.5 Å². The summed E-state index contributed by atoms with van der Waals surface area (Å²) in [5.74, 6) is 0.881. The Morgan fingerprint density at radius 2 is 1.38 bits per heavy atom. The van der Waals surface area contributed by atoms with E-state index in [4.69, 9.17) is 14.2 Å². The van der Waals surface area contributed by atoms with Crippen molar-refractivity contribution in [1.82, 2.24) is 0 Å². The lowest BCUT2D eigenvalue weighted by Crippen LogP contribution is -2.45. The second-order valence-corrected chi connectivity index (χ2v) is 9.93. The number of halogens is 2. The van der Waals surface area contributed by atoms with Crippen molar-refractivity contribution in [2.75, 3.05) is 13.2 Å². The number of hydrogen-bond acceptors (Lipinski definition) is 3. The fraction of sp³-hybridized carbons (Fsp3) is 1.00. The van der Waals surface area contributed by atoms with Gasteiger partial charge in [0.2, 0.25) is 0 Å². The van der Waals surface area contributed by atoms with E-state index in [1.54, 1.807) is 0 Å². The topological polar surface area (TPSA) is 27.7 Å². The molecule has 5 heteroatoms. The summed E-state index contributed by atoms with van der Waals surface area (Å²) in [5, 5.41) is 0. The second kappa shape index (κ2) is 10.4. The summed E-state index contributed by atoms with van der Waals surface area (Å²) < 4.78 is 48.4. The van der Waals surface area contributed by atoms with Crippen molar-refractivity contribution in [3.05, 3.63) is 0 Å². The van der Waals surface area contributed by atoms with Crippen LogP contribution in [-0.4, -0.2) is 50.0 Å². The normalized spacial score (nSPS) is 42.7. The molecule has 29 heavy (non-hydrogen) atoms. The quantitative estimate of drug-likeness (QED) is 0.447. The fourth-order valence-corrected chi connectivity index (χ4v) is 6.26. The first-order valence-electron chi connectivity index (χ1n) is 12.4. The highest BCUT2D eigenvalue weighted by molar-refractivity contribution is 5.04. The van der Waals surface area contributed by atoms with Crippen LogP contribution in [0, 0.1) is 17.8 Å². The van der Waals surface area contributed by atoms with E-state index in [0.29, 0.717) is 19.1 Å². The Bertz CT molecular complexity index is 499. The maximum Gasteiger partial charge on any atom is 0.152 e. The van der Waals surface area contributed by atoms with Crippen molar-refractivity contribution < 1.29 is 23.0 Å². The zero-order valence-corrected chi connectivity index (χ0v) is 18.1. The number of ether oxygens (including phenoxy) is 3. The highest BCUT2D eigenvalue weighted by Gasteiger charge is 2.57. The van der Waals surface area contributed by atoms with E-state index in [0.717, 1.165) is 38.5 Å². The molecule has 3 saturated carbocycles. The summed E-state index contributed by atoms with van der Waals surface area (Å²) in [5.41, 5.74) is 0. The minimum absolute atomic E-state index is 0.143. The first-order valence-corrected chi connectivity index (χ1v) is 12.4. The molecule has 0 N–H and O–H groups in total. The van der Waals surface area contributed by atoms with Gasteiger partial charge in [-0.1, -0.05) is 39.0 Å². The summed E-state index contributed by atoms with van der Waals surface area (Å²) >= 11 is 0. The molecule has 8 atom stereocenters. The van der Waals surface area contributed by atoms with Gasteiger partial charge >= 0.3 is 0 Å². The third kappa shape index (κ3) is 4.98. The molecule has 1 aliphatic heterocycles. The molecular formula is C24H40F2O3. The van der Waals surface area contributed by atoms with Crippen molar-refractivity contribution >= 4 is 0 Å². The van der Waals surface area contributed by atoms with Crippen LogP contribution in [0.5, 0.6) is 0 Å². The van der Waals surface area contributed by atoms with Gasteiger partial charge in [0.05, 0.1) is 24.4 Å². The molecule has 0 radical (unpaired) electrons. The van der Waals surface area contributed by atoms with Crippen LogP contribution < -0.4 is 0 Å². The Hall–Kier alpha value is -0.260. The molecule has 1 saturated heterocycles. The number of hydrogen-bond donors (Lipinski definition) is 0. The van der Waals surface area contributed by atoms with Crippen LogP contribution in [-0.2, 0) is 14.2 Å².